The Bertz CT molecular complexity index is 932. The molecule has 0 fully saturated rings. The molecular formula is C21H20N2O4. The molecule has 0 saturated carbocycles. The fourth-order valence-corrected chi connectivity index (χ4v) is 2.51. The molecule has 0 aliphatic carbocycles. The third-order valence-electron chi connectivity index (χ3n) is 3.88. The monoisotopic (exact) mass is 364 g/mol. The molecule has 0 saturated heterocycles. The van der Waals surface area contributed by atoms with Gasteiger partial charge in [-0.25, -0.2) is 4.79 Å². The minimum atomic E-state index is -0.483. The van der Waals surface area contributed by atoms with Gasteiger partial charge in [-0.3, -0.25) is 0 Å². The molecule has 27 heavy (non-hydrogen) atoms. The van der Waals surface area contributed by atoms with Crippen molar-refractivity contribution in [3.8, 4) is 5.75 Å². The van der Waals surface area contributed by atoms with Crippen LogP contribution in [-0.2, 0) is 22.6 Å². The molecule has 0 N–H and O–H groups in total. The van der Waals surface area contributed by atoms with E-state index in [2.05, 4.69) is 10.2 Å². The number of methoxy groups -OCH3 is 1. The average molecular weight is 364 g/mol. The van der Waals surface area contributed by atoms with Crippen LogP contribution in [0.5, 0.6) is 5.75 Å². The number of ether oxygens (including phenoxy) is 2. The van der Waals surface area contributed by atoms with E-state index in [1.165, 1.54) is 0 Å². The van der Waals surface area contributed by atoms with E-state index in [0.29, 0.717) is 23.6 Å². The van der Waals surface area contributed by atoms with E-state index in [1.807, 2.05) is 61.5 Å². The predicted molar refractivity (Wildman–Crippen MR) is 101 cm³/mol. The molecule has 2 aromatic carbocycles. The second kappa shape index (κ2) is 8.80. The lowest BCUT2D eigenvalue weighted by Gasteiger charge is -2.09. The van der Waals surface area contributed by atoms with Crippen LogP contribution >= 0.6 is 0 Å². The Hall–Kier alpha value is -3.41. The van der Waals surface area contributed by atoms with Gasteiger partial charge in [-0.05, 0) is 17.7 Å². The maximum absolute atomic E-state index is 12.8. The molecule has 6 heteroatoms. The first-order valence-electron chi connectivity index (χ1n) is 8.59. The quantitative estimate of drug-likeness (QED) is 0.359. The molecule has 138 valence electrons. The standard InChI is InChI=1S/C21H20N2O4/c1-3-19-22-23-20(27-19)14-26-21(24)17(15-9-5-4-6-10-15)13-16-11-7-8-12-18(16)25-2/h4-13H,3,14H2,1-2H3/b17-13+. The van der Waals surface area contributed by atoms with Crippen LogP contribution in [0.3, 0.4) is 0 Å². The fourth-order valence-electron chi connectivity index (χ4n) is 2.51. The van der Waals surface area contributed by atoms with Gasteiger partial charge in [0.2, 0.25) is 5.89 Å². The van der Waals surface area contributed by atoms with Crippen LogP contribution in [0, 0.1) is 0 Å². The smallest absolute Gasteiger partial charge is 0.339 e. The zero-order valence-electron chi connectivity index (χ0n) is 15.2. The van der Waals surface area contributed by atoms with Gasteiger partial charge < -0.3 is 13.9 Å². The van der Waals surface area contributed by atoms with Gasteiger partial charge in [0.05, 0.1) is 12.7 Å². The number of hydrogen-bond acceptors (Lipinski definition) is 6. The number of carbonyl (C=O) groups is 1. The van der Waals surface area contributed by atoms with Crippen molar-refractivity contribution >= 4 is 17.6 Å². The van der Waals surface area contributed by atoms with Crippen molar-refractivity contribution in [1.29, 1.82) is 0 Å². The number of hydrogen-bond donors (Lipinski definition) is 0. The van der Waals surface area contributed by atoms with E-state index >= 15 is 0 Å². The van der Waals surface area contributed by atoms with Crippen molar-refractivity contribution in [3.63, 3.8) is 0 Å². The highest BCUT2D eigenvalue weighted by atomic mass is 16.5. The molecule has 1 heterocycles. The number of carbonyl (C=O) groups excluding carboxylic acids is 1. The SMILES string of the molecule is CCc1nnc(COC(=O)/C(=C/c2ccccc2OC)c2ccccc2)o1. The third kappa shape index (κ3) is 4.61. The predicted octanol–water partition coefficient (Wildman–Crippen LogP) is 3.92. The van der Waals surface area contributed by atoms with Crippen molar-refractivity contribution in [1.82, 2.24) is 10.2 Å². The molecule has 0 aliphatic heterocycles. The maximum Gasteiger partial charge on any atom is 0.339 e. The van der Waals surface area contributed by atoms with Crippen LogP contribution in [0.2, 0.25) is 0 Å². The van der Waals surface area contributed by atoms with Crippen molar-refractivity contribution < 1.29 is 18.7 Å². The van der Waals surface area contributed by atoms with E-state index in [1.54, 1.807) is 13.2 Å². The van der Waals surface area contributed by atoms with Gasteiger partial charge in [-0.2, -0.15) is 0 Å². The van der Waals surface area contributed by atoms with Gasteiger partial charge in [-0.1, -0.05) is 55.5 Å². The summed E-state index contributed by atoms with van der Waals surface area (Å²) in [6, 6.07) is 16.8. The van der Waals surface area contributed by atoms with Gasteiger partial charge in [0, 0.05) is 12.0 Å². The number of esters is 1. The Kier molecular flexibility index (Phi) is 5.99. The highest BCUT2D eigenvalue weighted by molar-refractivity contribution is 6.21. The molecule has 0 atom stereocenters. The van der Waals surface area contributed by atoms with Gasteiger partial charge in [-0.15, -0.1) is 10.2 Å². The van der Waals surface area contributed by atoms with Crippen LogP contribution in [0.4, 0.5) is 0 Å². The van der Waals surface area contributed by atoms with Crippen molar-refractivity contribution in [2.45, 2.75) is 20.0 Å². The summed E-state index contributed by atoms with van der Waals surface area (Å²) >= 11 is 0. The van der Waals surface area contributed by atoms with E-state index in [-0.39, 0.29) is 12.5 Å². The minimum Gasteiger partial charge on any atom is -0.496 e. The summed E-state index contributed by atoms with van der Waals surface area (Å²) in [5.74, 6) is 0.963. The highest BCUT2D eigenvalue weighted by Gasteiger charge is 2.16. The first-order valence-corrected chi connectivity index (χ1v) is 8.59. The molecule has 3 aromatic rings. The van der Waals surface area contributed by atoms with Gasteiger partial charge >= 0.3 is 5.97 Å². The Balaban J connectivity index is 1.87. The molecule has 1 aromatic heterocycles. The van der Waals surface area contributed by atoms with Crippen LogP contribution < -0.4 is 4.74 Å². The van der Waals surface area contributed by atoms with Crippen molar-refractivity contribution in [3.05, 3.63) is 77.5 Å². The normalized spacial score (nSPS) is 11.3. The summed E-state index contributed by atoms with van der Waals surface area (Å²) in [6.07, 6.45) is 2.38. The van der Waals surface area contributed by atoms with Crippen LogP contribution in [-0.4, -0.2) is 23.3 Å². The fraction of sp³-hybridized carbons (Fsp3) is 0.190. The summed E-state index contributed by atoms with van der Waals surface area (Å²) in [6.45, 7) is 1.83. The van der Waals surface area contributed by atoms with Crippen LogP contribution in [0.15, 0.2) is 59.0 Å². The lowest BCUT2D eigenvalue weighted by molar-refractivity contribution is -0.138. The summed E-state index contributed by atoms with van der Waals surface area (Å²) in [4.78, 5) is 12.8. The Morgan fingerprint density at radius 2 is 1.74 bits per heavy atom. The zero-order valence-corrected chi connectivity index (χ0v) is 15.2. The van der Waals surface area contributed by atoms with Gasteiger partial charge in [0.15, 0.2) is 6.61 Å². The number of aromatic nitrogens is 2. The number of rotatable bonds is 7. The summed E-state index contributed by atoms with van der Waals surface area (Å²) in [7, 11) is 1.59. The van der Waals surface area contributed by atoms with E-state index in [9.17, 15) is 4.79 Å². The second-order valence-corrected chi connectivity index (χ2v) is 5.69. The Morgan fingerprint density at radius 3 is 2.44 bits per heavy atom. The Labute approximate surface area is 157 Å². The topological polar surface area (TPSA) is 74.5 Å². The summed E-state index contributed by atoms with van der Waals surface area (Å²) in [5, 5.41) is 7.74. The number of benzene rings is 2. The lowest BCUT2D eigenvalue weighted by atomic mass is 10.0. The first kappa shape index (κ1) is 18.4. The Morgan fingerprint density at radius 1 is 1.04 bits per heavy atom. The highest BCUT2D eigenvalue weighted by Crippen LogP contribution is 2.25. The molecule has 6 nitrogen and oxygen atoms in total. The molecule has 0 unspecified atom stereocenters. The van der Waals surface area contributed by atoms with E-state index in [0.717, 1.165) is 11.1 Å². The summed E-state index contributed by atoms with van der Waals surface area (Å²) < 4.78 is 16.2. The molecule has 0 spiro atoms. The molecule has 0 amide bonds. The van der Waals surface area contributed by atoms with E-state index < -0.39 is 5.97 Å². The maximum atomic E-state index is 12.8. The zero-order chi connectivity index (χ0) is 19.1. The minimum absolute atomic E-state index is 0.0814. The lowest BCUT2D eigenvalue weighted by Crippen LogP contribution is -2.08. The van der Waals surface area contributed by atoms with Crippen molar-refractivity contribution in [2.24, 2.45) is 0 Å². The van der Waals surface area contributed by atoms with Crippen molar-refractivity contribution in [2.75, 3.05) is 7.11 Å². The molecule has 0 radical (unpaired) electrons. The molecular weight excluding hydrogens is 344 g/mol. The number of para-hydroxylation sites is 1. The number of nitrogens with zero attached hydrogens (tertiary/aromatic N) is 2. The molecule has 0 bridgehead atoms. The van der Waals surface area contributed by atoms with Gasteiger partial charge in [0.25, 0.3) is 5.89 Å². The van der Waals surface area contributed by atoms with E-state index in [4.69, 9.17) is 13.9 Å². The molecule has 3 rings (SSSR count). The average Bonchev–Trinajstić information content (AvgIpc) is 3.19. The van der Waals surface area contributed by atoms with Crippen LogP contribution in [0.1, 0.15) is 29.8 Å². The number of aryl methyl sites for hydroxylation is 1. The molecule has 0 aliphatic rings. The first-order chi connectivity index (χ1) is 13.2. The van der Waals surface area contributed by atoms with Crippen LogP contribution in [0.25, 0.3) is 11.6 Å². The summed E-state index contributed by atoms with van der Waals surface area (Å²) in [5.41, 5.74) is 1.94. The largest absolute Gasteiger partial charge is 0.496 e. The third-order valence-corrected chi connectivity index (χ3v) is 3.88. The second-order valence-electron chi connectivity index (χ2n) is 5.69. The van der Waals surface area contributed by atoms with Gasteiger partial charge in [0.1, 0.15) is 5.75 Å².